The van der Waals surface area contributed by atoms with E-state index in [9.17, 15) is 19.2 Å². The molecule has 0 aliphatic carbocycles. The number of imide groups is 1. The summed E-state index contributed by atoms with van der Waals surface area (Å²) in [5.41, 5.74) is -0.153. The van der Waals surface area contributed by atoms with Crippen LogP contribution in [0.2, 0.25) is 0 Å². The fourth-order valence-electron chi connectivity index (χ4n) is 5.84. The number of hydrogen-bond acceptors (Lipinski definition) is 9. The predicted octanol–water partition coefficient (Wildman–Crippen LogP) is 7.28. The number of nitrogens with zero attached hydrogens (tertiary/aromatic N) is 4. The number of carbonyl (C=O) groups excluding carboxylic acids is 4. The number of halogens is 1. The summed E-state index contributed by atoms with van der Waals surface area (Å²) in [4.78, 5) is 64.1. The summed E-state index contributed by atoms with van der Waals surface area (Å²) in [5, 5.41) is 3.08. The molecular weight excluding hydrogens is 633 g/mol. The van der Waals surface area contributed by atoms with Crippen LogP contribution in [0, 0.1) is 5.82 Å². The lowest BCUT2D eigenvalue weighted by Gasteiger charge is -2.33. The van der Waals surface area contributed by atoms with E-state index in [1.54, 1.807) is 65.8 Å². The zero-order valence-electron chi connectivity index (χ0n) is 28.3. The molecule has 0 bridgehead atoms. The molecule has 0 spiro atoms. The van der Waals surface area contributed by atoms with Crippen LogP contribution in [0.15, 0.2) is 48.8 Å². The minimum Gasteiger partial charge on any atom is -0.474 e. The SMILES string of the molecule is CCc1c(-c2cc3cc(N4C(=O)c5ccccc5C4=O)ncc3c(NC(=O)OC(C)(C)C)c2F)cnc2c1N(C(=O)OC(C)(C)C)CCO2. The van der Waals surface area contributed by atoms with E-state index in [4.69, 9.17) is 14.2 Å². The number of hydrogen-bond donors (Lipinski definition) is 1. The number of rotatable bonds is 4. The number of anilines is 3. The first-order valence-corrected chi connectivity index (χ1v) is 15.8. The number of pyridine rings is 2. The summed E-state index contributed by atoms with van der Waals surface area (Å²) in [6, 6.07) is 9.46. The molecule has 1 N–H and O–H groups in total. The van der Waals surface area contributed by atoms with Crippen molar-refractivity contribution in [2.24, 2.45) is 0 Å². The van der Waals surface area contributed by atoms with Crippen molar-refractivity contribution < 1.29 is 37.8 Å². The lowest BCUT2D eigenvalue weighted by molar-refractivity contribution is 0.0564. The van der Waals surface area contributed by atoms with Crippen LogP contribution >= 0.6 is 0 Å². The Morgan fingerprint density at radius 2 is 1.57 bits per heavy atom. The molecule has 13 heteroatoms. The van der Waals surface area contributed by atoms with Gasteiger partial charge < -0.3 is 14.2 Å². The largest absolute Gasteiger partial charge is 0.474 e. The van der Waals surface area contributed by atoms with E-state index in [-0.39, 0.29) is 52.6 Å². The number of carbonyl (C=O) groups is 4. The summed E-state index contributed by atoms with van der Waals surface area (Å²) in [6.07, 6.45) is 1.57. The van der Waals surface area contributed by atoms with Gasteiger partial charge in [0.15, 0.2) is 5.82 Å². The second-order valence-electron chi connectivity index (χ2n) is 13.6. The lowest BCUT2D eigenvalue weighted by atomic mass is 9.94. The fourth-order valence-corrected chi connectivity index (χ4v) is 5.84. The van der Waals surface area contributed by atoms with Gasteiger partial charge >= 0.3 is 12.2 Å². The van der Waals surface area contributed by atoms with Gasteiger partial charge in [0, 0.05) is 28.9 Å². The van der Waals surface area contributed by atoms with Crippen molar-refractivity contribution >= 4 is 52.0 Å². The van der Waals surface area contributed by atoms with Crippen molar-refractivity contribution in [3.63, 3.8) is 0 Å². The van der Waals surface area contributed by atoms with Crippen LogP contribution in [0.25, 0.3) is 21.9 Å². The summed E-state index contributed by atoms with van der Waals surface area (Å²) in [5.74, 6) is -1.69. The molecule has 4 aromatic rings. The summed E-state index contributed by atoms with van der Waals surface area (Å²) in [7, 11) is 0. The van der Waals surface area contributed by atoms with Gasteiger partial charge in [-0.05, 0) is 83.2 Å². The van der Waals surface area contributed by atoms with Gasteiger partial charge in [-0.25, -0.2) is 28.8 Å². The second-order valence-corrected chi connectivity index (χ2v) is 13.6. The molecule has 254 valence electrons. The zero-order chi connectivity index (χ0) is 35.4. The van der Waals surface area contributed by atoms with E-state index >= 15 is 4.39 Å². The van der Waals surface area contributed by atoms with E-state index in [1.807, 2.05) is 6.92 Å². The molecule has 49 heavy (non-hydrogen) atoms. The summed E-state index contributed by atoms with van der Waals surface area (Å²) < 4.78 is 33.7. The quantitative estimate of drug-likeness (QED) is 0.222. The van der Waals surface area contributed by atoms with Crippen molar-refractivity contribution in [1.82, 2.24) is 9.97 Å². The first-order valence-electron chi connectivity index (χ1n) is 15.8. The van der Waals surface area contributed by atoms with Gasteiger partial charge in [-0.2, -0.15) is 0 Å². The normalized spacial score (nSPS) is 14.4. The third-order valence-electron chi connectivity index (χ3n) is 7.80. The van der Waals surface area contributed by atoms with Crippen molar-refractivity contribution in [2.75, 3.05) is 28.3 Å². The van der Waals surface area contributed by atoms with Gasteiger partial charge in [0.2, 0.25) is 5.88 Å². The van der Waals surface area contributed by atoms with Crippen LogP contribution in [-0.4, -0.2) is 58.3 Å². The highest BCUT2D eigenvalue weighted by atomic mass is 19.1. The molecule has 0 fully saturated rings. The number of nitrogens with one attached hydrogen (secondary N) is 1. The maximum Gasteiger partial charge on any atom is 0.415 e. The van der Waals surface area contributed by atoms with E-state index < -0.39 is 41.0 Å². The summed E-state index contributed by atoms with van der Waals surface area (Å²) >= 11 is 0. The van der Waals surface area contributed by atoms with E-state index in [1.165, 1.54) is 29.4 Å². The van der Waals surface area contributed by atoms with Crippen LogP contribution < -0.4 is 19.9 Å². The second kappa shape index (κ2) is 12.1. The Morgan fingerprint density at radius 1 is 0.918 bits per heavy atom. The third kappa shape index (κ3) is 6.23. The first-order chi connectivity index (χ1) is 23.1. The highest BCUT2D eigenvalue weighted by Crippen LogP contribution is 2.43. The van der Waals surface area contributed by atoms with Gasteiger partial charge in [0.25, 0.3) is 11.8 Å². The molecule has 4 amide bonds. The fraction of sp³-hybridized carbons (Fsp3) is 0.333. The number of amides is 4. The Labute approximate surface area is 282 Å². The molecule has 2 aliphatic heterocycles. The molecule has 0 saturated heterocycles. The maximum absolute atomic E-state index is 16.8. The molecule has 0 radical (unpaired) electrons. The average Bonchev–Trinajstić information content (AvgIpc) is 3.28. The van der Waals surface area contributed by atoms with Gasteiger partial charge in [0.1, 0.15) is 29.3 Å². The molecule has 4 heterocycles. The van der Waals surface area contributed by atoms with Crippen molar-refractivity contribution in [3.8, 4) is 17.0 Å². The van der Waals surface area contributed by atoms with Crippen LogP contribution in [0.1, 0.15) is 74.7 Å². The van der Waals surface area contributed by atoms with Gasteiger partial charge in [0.05, 0.1) is 23.4 Å². The highest BCUT2D eigenvalue weighted by Gasteiger charge is 2.38. The minimum absolute atomic E-state index is 0.0169. The standard InChI is InChI=1S/C36H36FN5O7/c1-8-20-25(18-39-30-29(20)41(13-14-47-30)34(46)49-36(5,6)7)23-15-19-16-26(42-31(43)21-11-9-10-12-22(21)32(42)44)38-17-24(19)28(27(23)37)40-33(45)48-35(2,3)4/h9-12,15-18H,8,13-14H2,1-7H3,(H,40,45). The van der Waals surface area contributed by atoms with Crippen molar-refractivity contribution in [1.29, 1.82) is 0 Å². The smallest absolute Gasteiger partial charge is 0.415 e. The summed E-state index contributed by atoms with van der Waals surface area (Å²) in [6.45, 7) is 12.5. The monoisotopic (exact) mass is 669 g/mol. The molecule has 0 atom stereocenters. The van der Waals surface area contributed by atoms with E-state index in [0.29, 0.717) is 28.6 Å². The molecule has 2 aromatic carbocycles. The number of fused-ring (bicyclic) bond motifs is 3. The first kappa shape index (κ1) is 33.3. The molecule has 6 rings (SSSR count). The molecule has 2 aromatic heterocycles. The van der Waals surface area contributed by atoms with Crippen LogP contribution in [-0.2, 0) is 15.9 Å². The molecule has 2 aliphatic rings. The van der Waals surface area contributed by atoms with Crippen molar-refractivity contribution in [3.05, 3.63) is 71.3 Å². The van der Waals surface area contributed by atoms with Crippen molar-refractivity contribution in [2.45, 2.75) is 66.1 Å². The van der Waals surface area contributed by atoms with Crippen LogP contribution in [0.4, 0.5) is 31.2 Å². The lowest BCUT2D eigenvalue weighted by Crippen LogP contribution is -2.42. The van der Waals surface area contributed by atoms with Gasteiger partial charge in [-0.15, -0.1) is 0 Å². The Bertz CT molecular complexity index is 2020. The topological polar surface area (TPSA) is 140 Å². The van der Waals surface area contributed by atoms with E-state index in [0.717, 1.165) is 4.90 Å². The third-order valence-corrected chi connectivity index (χ3v) is 7.80. The van der Waals surface area contributed by atoms with Gasteiger partial charge in [-0.3, -0.25) is 19.8 Å². The molecule has 0 unspecified atom stereocenters. The minimum atomic E-state index is -0.905. The Balaban J connectivity index is 1.54. The Kier molecular flexibility index (Phi) is 8.25. The van der Waals surface area contributed by atoms with Crippen LogP contribution in [0.3, 0.4) is 0 Å². The Hall–Kier alpha value is -5.59. The average molecular weight is 670 g/mol. The molecular formula is C36H36FN5O7. The molecule has 12 nitrogen and oxygen atoms in total. The van der Waals surface area contributed by atoms with Gasteiger partial charge in [-0.1, -0.05) is 19.1 Å². The highest BCUT2D eigenvalue weighted by molar-refractivity contribution is 6.34. The predicted molar refractivity (Wildman–Crippen MR) is 181 cm³/mol. The Morgan fingerprint density at radius 3 is 2.18 bits per heavy atom. The number of benzene rings is 2. The molecule has 0 saturated carbocycles. The zero-order valence-corrected chi connectivity index (χ0v) is 28.3. The number of ether oxygens (including phenoxy) is 3. The van der Waals surface area contributed by atoms with E-state index in [2.05, 4.69) is 15.3 Å². The maximum atomic E-state index is 16.8. The number of aromatic nitrogens is 2. The van der Waals surface area contributed by atoms with Crippen LogP contribution in [0.5, 0.6) is 5.88 Å².